The Morgan fingerprint density at radius 1 is 1.14 bits per heavy atom. The monoisotopic (exact) mass is 282 g/mol. The summed E-state index contributed by atoms with van der Waals surface area (Å²) in [6.45, 7) is 3.17. The van der Waals surface area contributed by atoms with Gasteiger partial charge in [-0.3, -0.25) is 9.69 Å². The van der Waals surface area contributed by atoms with E-state index in [0.29, 0.717) is 5.41 Å². The van der Waals surface area contributed by atoms with E-state index in [0.717, 1.165) is 23.0 Å². The molecule has 0 amide bonds. The fraction of sp³-hybridized carbons (Fsp3) is 0.500. The summed E-state index contributed by atoms with van der Waals surface area (Å²) in [5.74, 6) is 0. The average Bonchev–Trinajstić information content (AvgIpc) is 2.94. The highest BCUT2D eigenvalue weighted by Gasteiger charge is 2.44. The molecule has 1 aliphatic heterocycles. The van der Waals surface area contributed by atoms with Crippen LogP contribution in [0.5, 0.6) is 0 Å². The maximum atomic E-state index is 12.5. The van der Waals surface area contributed by atoms with Crippen molar-refractivity contribution >= 4 is 10.9 Å². The summed E-state index contributed by atoms with van der Waals surface area (Å²) < 4.78 is 1.79. The van der Waals surface area contributed by atoms with Gasteiger partial charge in [-0.1, -0.05) is 31.0 Å². The Balaban J connectivity index is 1.60. The zero-order chi connectivity index (χ0) is 14.4. The van der Waals surface area contributed by atoms with Gasteiger partial charge in [0.1, 0.15) is 0 Å². The number of likely N-dealkylation sites (tertiary alicyclic amines) is 1. The molecular weight excluding hydrogens is 260 g/mol. The molecule has 0 atom stereocenters. The first-order valence-electron chi connectivity index (χ1n) is 7.97. The van der Waals surface area contributed by atoms with E-state index in [4.69, 9.17) is 0 Å². The molecule has 0 bridgehead atoms. The predicted octanol–water partition coefficient (Wildman–Crippen LogP) is 2.91. The maximum absolute atomic E-state index is 12.5. The first-order valence-corrected chi connectivity index (χ1v) is 7.97. The third kappa shape index (κ3) is 2.11. The molecule has 2 aliphatic rings. The molecule has 4 rings (SSSR count). The number of fused-ring (bicyclic) bond motifs is 1. The zero-order valence-corrected chi connectivity index (χ0v) is 12.6. The molecule has 2 fully saturated rings. The molecule has 0 unspecified atom stereocenters. The van der Waals surface area contributed by atoms with Crippen molar-refractivity contribution in [3.8, 4) is 0 Å². The van der Waals surface area contributed by atoms with E-state index in [1.54, 1.807) is 4.57 Å². The van der Waals surface area contributed by atoms with Crippen LogP contribution in [0.3, 0.4) is 0 Å². The normalized spacial score (nSPS) is 21.0. The second kappa shape index (κ2) is 4.70. The molecule has 2 aromatic rings. The maximum Gasteiger partial charge on any atom is 0.255 e. The van der Waals surface area contributed by atoms with Crippen molar-refractivity contribution in [1.82, 2.24) is 9.47 Å². The van der Waals surface area contributed by atoms with E-state index < -0.39 is 0 Å². The molecule has 0 N–H and O–H groups in total. The van der Waals surface area contributed by atoms with Crippen LogP contribution in [-0.2, 0) is 13.6 Å². The van der Waals surface area contributed by atoms with Gasteiger partial charge in [0.05, 0.1) is 5.52 Å². The molecule has 21 heavy (non-hydrogen) atoms. The Morgan fingerprint density at radius 3 is 2.62 bits per heavy atom. The second-order valence-corrected chi connectivity index (χ2v) is 6.94. The average molecular weight is 282 g/mol. The molecule has 2 heterocycles. The number of aryl methyl sites for hydroxylation is 1. The highest BCUT2D eigenvalue weighted by Crippen LogP contribution is 2.45. The number of para-hydroxylation sites is 1. The van der Waals surface area contributed by atoms with Gasteiger partial charge in [0.25, 0.3) is 5.56 Å². The van der Waals surface area contributed by atoms with Gasteiger partial charge in [0.2, 0.25) is 0 Å². The molecule has 1 saturated carbocycles. The minimum absolute atomic E-state index is 0.154. The highest BCUT2D eigenvalue weighted by atomic mass is 16.1. The van der Waals surface area contributed by atoms with Crippen LogP contribution in [0.25, 0.3) is 10.9 Å². The van der Waals surface area contributed by atoms with Crippen LogP contribution in [0.1, 0.15) is 31.2 Å². The molecule has 1 aromatic carbocycles. The number of rotatable bonds is 2. The Morgan fingerprint density at radius 2 is 1.86 bits per heavy atom. The van der Waals surface area contributed by atoms with Crippen molar-refractivity contribution in [3.63, 3.8) is 0 Å². The fourth-order valence-electron chi connectivity index (χ4n) is 4.30. The Labute approximate surface area is 125 Å². The topological polar surface area (TPSA) is 25.2 Å². The Bertz CT molecular complexity index is 732. The van der Waals surface area contributed by atoms with Crippen LogP contribution >= 0.6 is 0 Å². The lowest BCUT2D eigenvalue weighted by atomic mass is 9.78. The zero-order valence-electron chi connectivity index (χ0n) is 12.6. The van der Waals surface area contributed by atoms with E-state index >= 15 is 0 Å². The summed E-state index contributed by atoms with van der Waals surface area (Å²) in [4.78, 5) is 14.9. The van der Waals surface area contributed by atoms with Crippen molar-refractivity contribution < 1.29 is 0 Å². The number of hydrogen-bond donors (Lipinski definition) is 0. The molecule has 110 valence electrons. The van der Waals surface area contributed by atoms with Crippen LogP contribution in [-0.4, -0.2) is 22.6 Å². The molecule has 1 saturated heterocycles. The van der Waals surface area contributed by atoms with Crippen LogP contribution in [0.4, 0.5) is 0 Å². The highest BCUT2D eigenvalue weighted by molar-refractivity contribution is 5.79. The number of nitrogens with zero attached hydrogens (tertiary/aromatic N) is 2. The quantitative estimate of drug-likeness (QED) is 0.846. The van der Waals surface area contributed by atoms with Crippen molar-refractivity contribution in [1.29, 1.82) is 0 Å². The SMILES string of the molecule is Cn1c(=O)c(CN2CC3(CCCC3)C2)cc2ccccc21. The summed E-state index contributed by atoms with van der Waals surface area (Å²) in [5, 5.41) is 1.16. The first-order chi connectivity index (χ1) is 10.2. The Hall–Kier alpha value is -1.61. The van der Waals surface area contributed by atoms with E-state index in [2.05, 4.69) is 17.0 Å². The van der Waals surface area contributed by atoms with Crippen molar-refractivity contribution in [3.05, 3.63) is 46.2 Å². The lowest BCUT2D eigenvalue weighted by Crippen LogP contribution is -2.54. The smallest absolute Gasteiger partial charge is 0.255 e. The minimum Gasteiger partial charge on any atom is -0.311 e. The van der Waals surface area contributed by atoms with Gasteiger partial charge in [-0.25, -0.2) is 0 Å². The lowest BCUT2D eigenvalue weighted by Gasteiger charge is -2.48. The molecule has 0 radical (unpaired) electrons. The van der Waals surface area contributed by atoms with Gasteiger partial charge in [-0.2, -0.15) is 0 Å². The number of aromatic nitrogens is 1. The summed E-state index contributed by atoms with van der Waals surface area (Å²) in [7, 11) is 1.88. The van der Waals surface area contributed by atoms with Gasteiger partial charge in [-0.05, 0) is 35.8 Å². The molecule has 1 aromatic heterocycles. The largest absolute Gasteiger partial charge is 0.311 e. The number of benzene rings is 1. The van der Waals surface area contributed by atoms with Crippen molar-refractivity contribution in [2.75, 3.05) is 13.1 Å². The van der Waals surface area contributed by atoms with Gasteiger partial charge >= 0.3 is 0 Å². The minimum atomic E-state index is 0.154. The summed E-state index contributed by atoms with van der Waals surface area (Å²) in [6, 6.07) is 10.2. The van der Waals surface area contributed by atoms with Crippen LogP contribution < -0.4 is 5.56 Å². The summed E-state index contributed by atoms with van der Waals surface area (Å²) in [5.41, 5.74) is 2.70. The fourth-order valence-corrected chi connectivity index (χ4v) is 4.30. The summed E-state index contributed by atoms with van der Waals surface area (Å²) >= 11 is 0. The standard InChI is InChI=1S/C18H22N2O/c1-19-16-7-3-2-6-14(16)10-15(17(19)21)11-20-12-18(13-20)8-4-5-9-18/h2-3,6-7,10H,4-5,8-9,11-13H2,1H3. The van der Waals surface area contributed by atoms with E-state index in [1.165, 1.54) is 38.8 Å². The van der Waals surface area contributed by atoms with Gasteiger partial charge in [0.15, 0.2) is 0 Å². The van der Waals surface area contributed by atoms with E-state index in [1.807, 2.05) is 25.2 Å². The third-order valence-corrected chi connectivity index (χ3v) is 5.38. The van der Waals surface area contributed by atoms with Crippen LogP contribution in [0, 0.1) is 5.41 Å². The van der Waals surface area contributed by atoms with Crippen LogP contribution in [0.15, 0.2) is 35.1 Å². The predicted molar refractivity (Wildman–Crippen MR) is 85.4 cm³/mol. The molecule has 3 nitrogen and oxygen atoms in total. The van der Waals surface area contributed by atoms with Gasteiger partial charge in [-0.15, -0.1) is 0 Å². The molecular formula is C18H22N2O. The Kier molecular flexibility index (Phi) is 2.93. The lowest BCUT2D eigenvalue weighted by molar-refractivity contribution is -0.000555. The second-order valence-electron chi connectivity index (χ2n) is 6.94. The molecule has 1 aliphatic carbocycles. The summed E-state index contributed by atoms with van der Waals surface area (Å²) in [6.07, 6.45) is 5.57. The molecule has 1 spiro atoms. The van der Waals surface area contributed by atoms with Crippen molar-refractivity contribution in [2.24, 2.45) is 12.5 Å². The van der Waals surface area contributed by atoms with Crippen LogP contribution in [0.2, 0.25) is 0 Å². The van der Waals surface area contributed by atoms with Crippen molar-refractivity contribution in [2.45, 2.75) is 32.2 Å². The molecule has 3 heteroatoms. The van der Waals surface area contributed by atoms with E-state index in [9.17, 15) is 4.79 Å². The van der Waals surface area contributed by atoms with E-state index in [-0.39, 0.29) is 5.56 Å². The number of pyridine rings is 1. The van der Waals surface area contributed by atoms with Gasteiger partial charge < -0.3 is 4.57 Å². The van der Waals surface area contributed by atoms with Gasteiger partial charge in [0, 0.05) is 32.2 Å². The third-order valence-electron chi connectivity index (χ3n) is 5.38. The number of hydrogen-bond acceptors (Lipinski definition) is 2. The first kappa shape index (κ1) is 13.1.